The van der Waals surface area contributed by atoms with Crippen molar-refractivity contribution in [2.24, 2.45) is 11.3 Å². The monoisotopic (exact) mass is 304 g/mol. The number of hydrogen-bond acceptors (Lipinski definition) is 2. The number of rotatable bonds is 6. The Morgan fingerprint density at radius 1 is 1.36 bits per heavy atom. The Labute approximate surface area is 135 Å². The normalized spacial score (nSPS) is 28.8. The van der Waals surface area contributed by atoms with E-state index in [0.29, 0.717) is 5.92 Å². The lowest BCUT2D eigenvalue weighted by Crippen LogP contribution is -2.46. The summed E-state index contributed by atoms with van der Waals surface area (Å²) < 4.78 is 5.10. The summed E-state index contributed by atoms with van der Waals surface area (Å²) in [5.41, 5.74) is 2.46. The van der Waals surface area contributed by atoms with E-state index < -0.39 is 5.60 Å². The highest BCUT2D eigenvalue weighted by atomic mass is 16.3. The summed E-state index contributed by atoms with van der Waals surface area (Å²) in [6.07, 6.45) is 13.5. The van der Waals surface area contributed by atoms with E-state index in [4.69, 9.17) is 4.42 Å². The molecule has 124 valence electrons. The molecule has 0 unspecified atom stereocenters. The average Bonchev–Trinajstić information content (AvgIpc) is 2.89. The zero-order valence-corrected chi connectivity index (χ0v) is 14.7. The van der Waals surface area contributed by atoms with Gasteiger partial charge in [-0.3, -0.25) is 0 Å². The van der Waals surface area contributed by atoms with Gasteiger partial charge >= 0.3 is 0 Å². The van der Waals surface area contributed by atoms with Crippen LogP contribution >= 0.6 is 0 Å². The second-order valence-electron chi connectivity index (χ2n) is 8.01. The largest absolute Gasteiger partial charge is 0.472 e. The zero-order valence-electron chi connectivity index (χ0n) is 14.7. The fraction of sp³-hybridized carbons (Fsp3) is 0.700. The number of aliphatic hydroxyl groups is 1. The molecule has 0 spiro atoms. The summed E-state index contributed by atoms with van der Waals surface area (Å²) in [5.74, 6) is 0.394. The Kier molecular flexibility index (Phi) is 5.55. The van der Waals surface area contributed by atoms with Crippen molar-refractivity contribution < 1.29 is 9.52 Å². The van der Waals surface area contributed by atoms with Crippen molar-refractivity contribution >= 4 is 0 Å². The van der Waals surface area contributed by atoms with E-state index >= 15 is 0 Å². The molecule has 0 saturated heterocycles. The lowest BCUT2D eigenvalue weighted by atomic mass is 9.60. The van der Waals surface area contributed by atoms with Crippen LogP contribution in [0.5, 0.6) is 0 Å². The van der Waals surface area contributed by atoms with Crippen molar-refractivity contribution in [1.29, 1.82) is 0 Å². The molecular formula is C20H32O2. The second-order valence-corrected chi connectivity index (χ2v) is 8.01. The van der Waals surface area contributed by atoms with Gasteiger partial charge in [0.05, 0.1) is 18.1 Å². The highest BCUT2D eigenvalue weighted by molar-refractivity contribution is 5.08. The smallest absolute Gasteiger partial charge is 0.0934 e. The van der Waals surface area contributed by atoms with Crippen LogP contribution in [0.1, 0.15) is 71.8 Å². The van der Waals surface area contributed by atoms with Crippen LogP contribution in [0.4, 0.5) is 0 Å². The van der Waals surface area contributed by atoms with Crippen molar-refractivity contribution in [2.75, 3.05) is 0 Å². The van der Waals surface area contributed by atoms with Crippen LogP contribution in [-0.2, 0) is 6.42 Å². The SMILES string of the molecule is CC(=CCCc1ccoc1)CC[C@H]1C(C)(C)CCC[C@]1(C)O. The molecular weight excluding hydrogens is 272 g/mol. The van der Waals surface area contributed by atoms with Gasteiger partial charge in [-0.1, -0.05) is 31.9 Å². The van der Waals surface area contributed by atoms with Crippen molar-refractivity contribution in [3.05, 3.63) is 35.8 Å². The first-order valence-electron chi connectivity index (χ1n) is 8.70. The maximum absolute atomic E-state index is 10.8. The van der Waals surface area contributed by atoms with E-state index in [9.17, 15) is 5.11 Å². The Morgan fingerprint density at radius 3 is 2.77 bits per heavy atom. The molecule has 1 aliphatic rings. The minimum absolute atomic E-state index is 0.249. The maximum atomic E-state index is 10.8. The number of furan rings is 1. The third kappa shape index (κ3) is 4.49. The first-order chi connectivity index (χ1) is 10.3. The molecule has 1 aromatic heterocycles. The first-order valence-corrected chi connectivity index (χ1v) is 8.70. The minimum atomic E-state index is -0.501. The van der Waals surface area contributed by atoms with Gasteiger partial charge in [0, 0.05) is 0 Å². The summed E-state index contributed by atoms with van der Waals surface area (Å²) in [4.78, 5) is 0. The van der Waals surface area contributed by atoms with Gasteiger partial charge < -0.3 is 9.52 Å². The molecule has 0 amide bonds. The molecule has 2 heteroatoms. The number of hydrogen-bond donors (Lipinski definition) is 1. The lowest BCUT2D eigenvalue weighted by Gasteiger charge is -2.48. The Bertz CT molecular complexity index is 464. The van der Waals surface area contributed by atoms with Gasteiger partial charge in [0.15, 0.2) is 0 Å². The molecule has 1 heterocycles. The molecule has 1 aliphatic carbocycles. The van der Waals surface area contributed by atoms with Gasteiger partial charge in [-0.05, 0) is 75.3 Å². The number of allylic oxidation sites excluding steroid dienone is 2. The van der Waals surface area contributed by atoms with E-state index in [0.717, 1.165) is 38.5 Å². The van der Waals surface area contributed by atoms with Crippen LogP contribution in [0.2, 0.25) is 0 Å². The molecule has 1 aromatic rings. The third-order valence-electron chi connectivity index (χ3n) is 5.53. The summed E-state index contributed by atoms with van der Waals surface area (Å²) in [5, 5.41) is 10.8. The second kappa shape index (κ2) is 7.04. The molecule has 2 rings (SSSR count). The van der Waals surface area contributed by atoms with Crippen LogP contribution in [0.3, 0.4) is 0 Å². The van der Waals surface area contributed by atoms with Crippen LogP contribution < -0.4 is 0 Å². The molecule has 1 N–H and O–H groups in total. The summed E-state index contributed by atoms with van der Waals surface area (Å²) >= 11 is 0. The lowest BCUT2D eigenvalue weighted by molar-refractivity contribution is -0.0918. The van der Waals surface area contributed by atoms with Crippen molar-refractivity contribution in [3.63, 3.8) is 0 Å². The first kappa shape index (κ1) is 17.3. The van der Waals surface area contributed by atoms with E-state index in [1.807, 2.05) is 19.3 Å². The summed E-state index contributed by atoms with van der Waals surface area (Å²) in [6, 6.07) is 2.03. The average molecular weight is 304 g/mol. The van der Waals surface area contributed by atoms with Crippen LogP contribution in [0.15, 0.2) is 34.7 Å². The van der Waals surface area contributed by atoms with Gasteiger partial charge in [0.1, 0.15) is 0 Å². The van der Waals surface area contributed by atoms with Crippen LogP contribution in [-0.4, -0.2) is 10.7 Å². The van der Waals surface area contributed by atoms with Gasteiger partial charge in [-0.25, -0.2) is 0 Å². The van der Waals surface area contributed by atoms with Crippen molar-refractivity contribution in [3.8, 4) is 0 Å². The Balaban J connectivity index is 1.84. The maximum Gasteiger partial charge on any atom is 0.0934 e. The Morgan fingerprint density at radius 2 is 2.14 bits per heavy atom. The zero-order chi connectivity index (χ0) is 16.2. The summed E-state index contributed by atoms with van der Waals surface area (Å²) in [6.45, 7) is 8.91. The van der Waals surface area contributed by atoms with E-state index in [2.05, 4.69) is 26.8 Å². The molecule has 22 heavy (non-hydrogen) atoms. The molecule has 1 fully saturated rings. The van der Waals surface area contributed by atoms with E-state index in [1.54, 1.807) is 6.26 Å². The molecule has 1 saturated carbocycles. The predicted molar refractivity (Wildman–Crippen MR) is 91.8 cm³/mol. The van der Waals surface area contributed by atoms with E-state index in [1.165, 1.54) is 17.6 Å². The van der Waals surface area contributed by atoms with Crippen LogP contribution in [0, 0.1) is 11.3 Å². The molecule has 0 aliphatic heterocycles. The fourth-order valence-corrected chi connectivity index (χ4v) is 4.19. The highest BCUT2D eigenvalue weighted by Crippen LogP contribution is 2.48. The van der Waals surface area contributed by atoms with Crippen molar-refractivity contribution in [1.82, 2.24) is 0 Å². The van der Waals surface area contributed by atoms with Crippen LogP contribution in [0.25, 0.3) is 0 Å². The predicted octanol–water partition coefficient (Wildman–Crippen LogP) is 5.52. The molecule has 0 bridgehead atoms. The topological polar surface area (TPSA) is 33.4 Å². The molecule has 0 aromatic carbocycles. The van der Waals surface area contributed by atoms with Crippen molar-refractivity contribution in [2.45, 2.75) is 78.2 Å². The molecule has 2 atom stereocenters. The van der Waals surface area contributed by atoms with Gasteiger partial charge in [0.2, 0.25) is 0 Å². The quantitative estimate of drug-likeness (QED) is 0.702. The third-order valence-corrected chi connectivity index (χ3v) is 5.53. The summed E-state index contributed by atoms with van der Waals surface area (Å²) in [7, 11) is 0. The minimum Gasteiger partial charge on any atom is -0.472 e. The fourth-order valence-electron chi connectivity index (χ4n) is 4.19. The molecule has 0 radical (unpaired) electrons. The Hall–Kier alpha value is -1.02. The van der Waals surface area contributed by atoms with Gasteiger partial charge in [-0.15, -0.1) is 0 Å². The van der Waals surface area contributed by atoms with E-state index in [-0.39, 0.29) is 5.41 Å². The molecule has 2 nitrogen and oxygen atoms in total. The standard InChI is InChI=1S/C20H32O2/c1-16(7-5-8-17-11-14-22-15-17)9-10-18-19(2,3)12-6-13-20(18,4)21/h7,11,14-15,18,21H,5-6,8-10,12-13H2,1-4H3/t18-,20-/m0/s1. The number of aryl methyl sites for hydroxylation is 1. The van der Waals surface area contributed by atoms with Gasteiger partial charge in [-0.2, -0.15) is 0 Å². The van der Waals surface area contributed by atoms with Gasteiger partial charge in [0.25, 0.3) is 0 Å². The highest BCUT2D eigenvalue weighted by Gasteiger charge is 2.44.